The van der Waals surface area contributed by atoms with E-state index >= 15 is 0 Å². The zero-order chi connectivity index (χ0) is 15.0. The van der Waals surface area contributed by atoms with Gasteiger partial charge in [-0.05, 0) is 49.9 Å². The Labute approximate surface area is 128 Å². The van der Waals surface area contributed by atoms with Crippen LogP contribution in [0.15, 0.2) is 18.2 Å². The summed E-state index contributed by atoms with van der Waals surface area (Å²) in [4.78, 5) is 0. The summed E-state index contributed by atoms with van der Waals surface area (Å²) in [5, 5.41) is 4.23. The number of hydrogen-bond acceptors (Lipinski definition) is 2. The lowest BCUT2D eigenvalue weighted by Gasteiger charge is -2.17. The van der Waals surface area contributed by atoms with Crippen molar-refractivity contribution in [3.8, 4) is 5.75 Å². The minimum absolute atomic E-state index is 0.274. The summed E-state index contributed by atoms with van der Waals surface area (Å²) in [6, 6.07) is 6.29. The summed E-state index contributed by atoms with van der Waals surface area (Å²) >= 11 is 6.36. The van der Waals surface area contributed by atoms with E-state index < -0.39 is 0 Å². The predicted molar refractivity (Wildman–Crippen MR) is 87.7 cm³/mol. The molecule has 1 rings (SSSR count). The standard InChI is InChI=1S/C17H28ClNO/c1-5-7-13(3)12-20-15-8-9-16(17(18)11-15)14(4)19-10-6-2/h8-9,11,13-14,19H,5-7,10,12H2,1-4H3. The average Bonchev–Trinajstić information content (AvgIpc) is 2.43. The third-order valence-corrected chi connectivity index (χ3v) is 3.78. The van der Waals surface area contributed by atoms with Gasteiger partial charge in [0.15, 0.2) is 0 Å². The minimum Gasteiger partial charge on any atom is -0.493 e. The molecule has 0 aliphatic rings. The highest BCUT2D eigenvalue weighted by Crippen LogP contribution is 2.27. The van der Waals surface area contributed by atoms with Crippen molar-refractivity contribution < 1.29 is 4.74 Å². The van der Waals surface area contributed by atoms with Crippen LogP contribution in [0.4, 0.5) is 0 Å². The highest BCUT2D eigenvalue weighted by molar-refractivity contribution is 6.31. The zero-order valence-corrected chi connectivity index (χ0v) is 14.0. The predicted octanol–water partition coefficient (Wildman–Crippen LogP) is 5.22. The summed E-state index contributed by atoms with van der Waals surface area (Å²) in [6.07, 6.45) is 3.52. The second kappa shape index (κ2) is 9.25. The summed E-state index contributed by atoms with van der Waals surface area (Å²) in [5.74, 6) is 1.45. The SMILES string of the molecule is CCCNC(C)c1ccc(OCC(C)CCC)cc1Cl. The lowest BCUT2D eigenvalue weighted by Crippen LogP contribution is -2.19. The van der Waals surface area contributed by atoms with Gasteiger partial charge in [0.1, 0.15) is 5.75 Å². The third kappa shape index (κ3) is 5.72. The summed E-state index contributed by atoms with van der Waals surface area (Å²) < 4.78 is 5.81. The summed E-state index contributed by atoms with van der Waals surface area (Å²) in [7, 11) is 0. The second-order valence-corrected chi connectivity index (χ2v) is 5.97. The Morgan fingerprint density at radius 2 is 1.95 bits per heavy atom. The molecule has 2 unspecified atom stereocenters. The van der Waals surface area contributed by atoms with Crippen LogP contribution in [0.5, 0.6) is 5.75 Å². The first-order chi connectivity index (χ1) is 9.58. The van der Waals surface area contributed by atoms with Crippen molar-refractivity contribution in [3.63, 3.8) is 0 Å². The molecule has 0 bridgehead atoms. The van der Waals surface area contributed by atoms with Gasteiger partial charge in [0.2, 0.25) is 0 Å². The molecule has 0 aromatic heterocycles. The van der Waals surface area contributed by atoms with E-state index in [-0.39, 0.29) is 6.04 Å². The van der Waals surface area contributed by atoms with Crippen LogP contribution in [0.1, 0.15) is 58.6 Å². The van der Waals surface area contributed by atoms with Gasteiger partial charge >= 0.3 is 0 Å². The number of benzene rings is 1. The van der Waals surface area contributed by atoms with Gasteiger partial charge in [-0.3, -0.25) is 0 Å². The first-order valence-electron chi connectivity index (χ1n) is 7.74. The molecule has 0 aliphatic heterocycles. The van der Waals surface area contributed by atoms with Crippen LogP contribution in [0, 0.1) is 5.92 Å². The third-order valence-electron chi connectivity index (χ3n) is 3.45. The fourth-order valence-electron chi connectivity index (χ4n) is 2.23. The van der Waals surface area contributed by atoms with Crippen LogP contribution >= 0.6 is 11.6 Å². The van der Waals surface area contributed by atoms with Gasteiger partial charge in [0.25, 0.3) is 0 Å². The fourth-order valence-corrected chi connectivity index (χ4v) is 2.57. The number of rotatable bonds is 9. The van der Waals surface area contributed by atoms with Crippen molar-refractivity contribution in [1.82, 2.24) is 5.32 Å². The van der Waals surface area contributed by atoms with E-state index in [1.54, 1.807) is 0 Å². The highest BCUT2D eigenvalue weighted by Gasteiger charge is 2.10. The second-order valence-electron chi connectivity index (χ2n) is 5.56. The lowest BCUT2D eigenvalue weighted by atomic mass is 10.1. The van der Waals surface area contributed by atoms with Gasteiger partial charge < -0.3 is 10.1 Å². The van der Waals surface area contributed by atoms with E-state index in [2.05, 4.69) is 39.1 Å². The largest absolute Gasteiger partial charge is 0.493 e. The van der Waals surface area contributed by atoms with Crippen molar-refractivity contribution in [1.29, 1.82) is 0 Å². The fraction of sp³-hybridized carbons (Fsp3) is 0.647. The molecule has 1 aromatic carbocycles. The molecule has 0 fully saturated rings. The maximum atomic E-state index is 6.36. The Morgan fingerprint density at radius 3 is 2.55 bits per heavy atom. The molecule has 20 heavy (non-hydrogen) atoms. The first-order valence-corrected chi connectivity index (χ1v) is 8.11. The quantitative estimate of drug-likeness (QED) is 0.675. The van der Waals surface area contributed by atoms with Crippen molar-refractivity contribution in [2.75, 3.05) is 13.2 Å². The maximum absolute atomic E-state index is 6.36. The Bertz CT molecular complexity index is 395. The molecule has 0 heterocycles. The van der Waals surface area contributed by atoms with Crippen LogP contribution in [0.25, 0.3) is 0 Å². The molecule has 0 radical (unpaired) electrons. The van der Waals surface area contributed by atoms with Crippen molar-refractivity contribution in [2.45, 2.75) is 53.0 Å². The Morgan fingerprint density at radius 1 is 1.20 bits per heavy atom. The van der Waals surface area contributed by atoms with Gasteiger partial charge in [-0.25, -0.2) is 0 Å². The van der Waals surface area contributed by atoms with Crippen LogP contribution in [-0.2, 0) is 0 Å². The number of ether oxygens (including phenoxy) is 1. The van der Waals surface area contributed by atoms with Gasteiger partial charge in [-0.15, -0.1) is 0 Å². The molecule has 0 spiro atoms. The van der Waals surface area contributed by atoms with E-state index in [1.807, 2.05) is 12.1 Å². The van der Waals surface area contributed by atoms with Gasteiger partial charge in [0, 0.05) is 11.1 Å². The topological polar surface area (TPSA) is 21.3 Å². The van der Waals surface area contributed by atoms with Crippen LogP contribution in [-0.4, -0.2) is 13.2 Å². The number of hydrogen-bond donors (Lipinski definition) is 1. The number of halogens is 1. The summed E-state index contributed by atoms with van der Waals surface area (Å²) in [6.45, 7) is 10.5. The monoisotopic (exact) mass is 297 g/mol. The average molecular weight is 298 g/mol. The normalized spacial score (nSPS) is 14.1. The van der Waals surface area contributed by atoms with E-state index in [0.29, 0.717) is 5.92 Å². The van der Waals surface area contributed by atoms with Crippen LogP contribution in [0.2, 0.25) is 5.02 Å². The molecule has 114 valence electrons. The molecule has 0 aliphatic carbocycles. The zero-order valence-electron chi connectivity index (χ0n) is 13.2. The van der Waals surface area contributed by atoms with Crippen molar-refractivity contribution in [3.05, 3.63) is 28.8 Å². The smallest absolute Gasteiger partial charge is 0.120 e. The van der Waals surface area contributed by atoms with E-state index in [1.165, 1.54) is 12.8 Å². The van der Waals surface area contributed by atoms with Gasteiger partial charge in [-0.2, -0.15) is 0 Å². The molecule has 0 saturated heterocycles. The Balaban J connectivity index is 2.58. The van der Waals surface area contributed by atoms with E-state index in [4.69, 9.17) is 16.3 Å². The molecule has 3 heteroatoms. The summed E-state index contributed by atoms with van der Waals surface area (Å²) in [5.41, 5.74) is 1.13. The van der Waals surface area contributed by atoms with E-state index in [9.17, 15) is 0 Å². The van der Waals surface area contributed by atoms with Crippen molar-refractivity contribution >= 4 is 11.6 Å². The first kappa shape index (κ1) is 17.3. The molecule has 1 N–H and O–H groups in total. The van der Waals surface area contributed by atoms with Crippen LogP contribution < -0.4 is 10.1 Å². The number of nitrogens with one attached hydrogen (secondary N) is 1. The highest BCUT2D eigenvalue weighted by atomic mass is 35.5. The van der Waals surface area contributed by atoms with Crippen LogP contribution in [0.3, 0.4) is 0 Å². The lowest BCUT2D eigenvalue weighted by molar-refractivity contribution is 0.251. The van der Waals surface area contributed by atoms with Gasteiger partial charge in [-0.1, -0.05) is 44.9 Å². The molecule has 2 atom stereocenters. The van der Waals surface area contributed by atoms with Crippen molar-refractivity contribution in [2.24, 2.45) is 5.92 Å². The Hall–Kier alpha value is -0.730. The minimum atomic E-state index is 0.274. The maximum Gasteiger partial charge on any atom is 0.120 e. The molecule has 0 amide bonds. The van der Waals surface area contributed by atoms with Gasteiger partial charge in [0.05, 0.1) is 6.61 Å². The molecule has 2 nitrogen and oxygen atoms in total. The molecule has 1 aromatic rings. The Kier molecular flexibility index (Phi) is 8.01. The molecular formula is C17H28ClNO. The molecule has 0 saturated carbocycles. The molecular weight excluding hydrogens is 270 g/mol. The van der Waals surface area contributed by atoms with E-state index in [0.717, 1.165) is 35.9 Å².